The van der Waals surface area contributed by atoms with E-state index in [-0.39, 0.29) is 18.2 Å². The number of fused-ring (bicyclic) bond motifs is 1. The van der Waals surface area contributed by atoms with Gasteiger partial charge in [-0.15, -0.1) is 0 Å². The number of hydrogen-bond donors (Lipinski definition) is 1. The van der Waals surface area contributed by atoms with E-state index in [1.807, 2.05) is 30.3 Å². The number of Topliss-reactive ketones (excluding diaryl/α,β-unsaturated/α-hetero) is 1. The van der Waals surface area contributed by atoms with Crippen LogP contribution in [-0.2, 0) is 4.79 Å². The molecule has 5 nitrogen and oxygen atoms in total. The zero-order valence-corrected chi connectivity index (χ0v) is 16.2. The maximum Gasteiger partial charge on any atom is 0.221 e. The Morgan fingerprint density at radius 2 is 1.71 bits per heavy atom. The van der Waals surface area contributed by atoms with Crippen LogP contribution in [0.15, 0.2) is 47.5 Å². The van der Waals surface area contributed by atoms with Crippen LogP contribution in [0.25, 0.3) is 0 Å². The Bertz CT molecular complexity index is 941. The Morgan fingerprint density at radius 3 is 2.43 bits per heavy atom. The summed E-state index contributed by atoms with van der Waals surface area (Å²) in [4.78, 5) is 30.9. The van der Waals surface area contributed by atoms with Gasteiger partial charge in [-0.3, -0.25) is 14.6 Å². The second-order valence-electron chi connectivity index (χ2n) is 7.45. The number of carbonyl (C=O) groups is 2. The molecule has 0 radical (unpaired) electrons. The van der Waals surface area contributed by atoms with Gasteiger partial charge in [0, 0.05) is 36.7 Å². The van der Waals surface area contributed by atoms with Crippen LogP contribution in [0.1, 0.15) is 54.1 Å². The number of nitrogens with zero attached hydrogens (tertiary/aromatic N) is 2. The maximum absolute atomic E-state index is 12.2. The van der Waals surface area contributed by atoms with Crippen LogP contribution in [0, 0.1) is 0 Å². The Labute approximate surface area is 165 Å². The largest absolute Gasteiger partial charge is 0.370 e. The standard InChI is InChI=1S/C23H25N3O2/c1-16(27)25-20-14-17(10-11-21(20)26-12-6-2-3-7-13-26)23-19-9-5-4-8-18(19)22(28)15-24-23/h4-5,8-11,14H,2-3,6-7,12-13,15H2,1H3,(H,25,27). The topological polar surface area (TPSA) is 61.8 Å². The fraction of sp³-hybridized carbons (Fsp3) is 0.348. The van der Waals surface area contributed by atoms with Crippen molar-refractivity contribution in [3.8, 4) is 0 Å². The van der Waals surface area contributed by atoms with E-state index in [1.165, 1.54) is 32.6 Å². The monoisotopic (exact) mass is 375 g/mol. The molecule has 2 heterocycles. The van der Waals surface area contributed by atoms with E-state index >= 15 is 0 Å². The molecule has 4 rings (SSSR count). The van der Waals surface area contributed by atoms with Crippen LogP contribution in [0.5, 0.6) is 0 Å². The summed E-state index contributed by atoms with van der Waals surface area (Å²) in [7, 11) is 0. The fourth-order valence-corrected chi connectivity index (χ4v) is 4.06. The van der Waals surface area contributed by atoms with Gasteiger partial charge in [-0.2, -0.15) is 0 Å². The normalized spacial score (nSPS) is 16.8. The predicted molar refractivity (Wildman–Crippen MR) is 113 cm³/mol. The third kappa shape index (κ3) is 3.70. The van der Waals surface area contributed by atoms with Crippen LogP contribution in [-0.4, -0.2) is 37.0 Å². The molecule has 0 unspecified atom stereocenters. The quantitative estimate of drug-likeness (QED) is 0.880. The van der Waals surface area contributed by atoms with Crippen molar-refractivity contribution in [2.45, 2.75) is 32.6 Å². The number of rotatable bonds is 3. The average Bonchev–Trinajstić information content (AvgIpc) is 2.97. The average molecular weight is 375 g/mol. The van der Waals surface area contributed by atoms with Gasteiger partial charge >= 0.3 is 0 Å². The van der Waals surface area contributed by atoms with Crippen LogP contribution in [0.3, 0.4) is 0 Å². The molecule has 1 fully saturated rings. The molecule has 28 heavy (non-hydrogen) atoms. The lowest BCUT2D eigenvalue weighted by molar-refractivity contribution is -0.114. The molecule has 1 amide bonds. The lowest BCUT2D eigenvalue weighted by atomic mass is 9.92. The molecular formula is C23H25N3O2. The van der Waals surface area contributed by atoms with Gasteiger partial charge in [-0.05, 0) is 25.0 Å². The van der Waals surface area contributed by atoms with E-state index < -0.39 is 0 Å². The van der Waals surface area contributed by atoms with Crippen molar-refractivity contribution in [1.82, 2.24) is 0 Å². The molecule has 0 bridgehead atoms. The van der Waals surface area contributed by atoms with Gasteiger partial charge in [0.2, 0.25) is 5.91 Å². The maximum atomic E-state index is 12.2. The molecular weight excluding hydrogens is 350 g/mol. The van der Waals surface area contributed by atoms with Crippen molar-refractivity contribution in [2.24, 2.45) is 4.99 Å². The van der Waals surface area contributed by atoms with Gasteiger partial charge in [0.25, 0.3) is 0 Å². The van der Waals surface area contributed by atoms with Gasteiger partial charge in [0.1, 0.15) is 6.54 Å². The molecule has 2 aliphatic rings. The van der Waals surface area contributed by atoms with Gasteiger partial charge in [-0.1, -0.05) is 43.2 Å². The molecule has 2 aromatic carbocycles. The molecule has 144 valence electrons. The molecule has 0 saturated carbocycles. The molecule has 2 aromatic rings. The molecule has 0 aliphatic carbocycles. The number of ketones is 1. The molecule has 0 spiro atoms. The Kier molecular flexibility index (Phi) is 5.24. The number of anilines is 2. The summed E-state index contributed by atoms with van der Waals surface area (Å²) in [6.45, 7) is 3.70. The van der Waals surface area contributed by atoms with Crippen LogP contribution < -0.4 is 10.2 Å². The number of hydrogen-bond acceptors (Lipinski definition) is 4. The van der Waals surface area contributed by atoms with Gasteiger partial charge in [0.15, 0.2) is 5.78 Å². The number of carbonyl (C=O) groups excluding carboxylic acids is 2. The van der Waals surface area contributed by atoms with E-state index in [0.717, 1.165) is 41.3 Å². The lowest BCUT2D eigenvalue weighted by Gasteiger charge is -2.26. The SMILES string of the molecule is CC(=O)Nc1cc(C2=NCC(=O)c3ccccc32)ccc1N1CCCCCC1. The number of benzene rings is 2. The summed E-state index contributed by atoms with van der Waals surface area (Å²) in [5.74, 6) is -0.0444. The fourth-order valence-electron chi connectivity index (χ4n) is 4.06. The minimum Gasteiger partial charge on any atom is -0.370 e. The zero-order chi connectivity index (χ0) is 19.5. The predicted octanol–water partition coefficient (Wildman–Crippen LogP) is 4.06. The van der Waals surface area contributed by atoms with Gasteiger partial charge in [-0.25, -0.2) is 0 Å². The van der Waals surface area contributed by atoms with Crippen LogP contribution >= 0.6 is 0 Å². The highest BCUT2D eigenvalue weighted by Gasteiger charge is 2.22. The first-order valence-electron chi connectivity index (χ1n) is 9.97. The summed E-state index contributed by atoms with van der Waals surface area (Å²) in [6, 6.07) is 13.7. The minimum atomic E-state index is -0.0885. The summed E-state index contributed by atoms with van der Waals surface area (Å²) < 4.78 is 0. The first-order chi connectivity index (χ1) is 13.6. The number of nitrogens with one attached hydrogen (secondary N) is 1. The summed E-state index contributed by atoms with van der Waals surface area (Å²) in [5, 5.41) is 3.00. The molecule has 1 N–H and O–H groups in total. The molecule has 1 saturated heterocycles. The summed E-state index contributed by atoms with van der Waals surface area (Å²) in [5.41, 5.74) is 5.16. The Balaban J connectivity index is 1.75. The van der Waals surface area contributed by atoms with Crippen LogP contribution in [0.4, 0.5) is 11.4 Å². The van der Waals surface area contributed by atoms with E-state index in [2.05, 4.69) is 27.3 Å². The van der Waals surface area contributed by atoms with Crippen molar-refractivity contribution in [3.63, 3.8) is 0 Å². The first kappa shape index (κ1) is 18.4. The summed E-state index contributed by atoms with van der Waals surface area (Å²) in [6.07, 6.45) is 4.85. The van der Waals surface area contributed by atoms with E-state index in [4.69, 9.17) is 0 Å². The smallest absolute Gasteiger partial charge is 0.221 e. The van der Waals surface area contributed by atoms with Crippen molar-refractivity contribution < 1.29 is 9.59 Å². The third-order valence-electron chi connectivity index (χ3n) is 5.39. The van der Waals surface area contributed by atoms with Gasteiger partial charge in [0.05, 0.1) is 17.1 Å². The second kappa shape index (κ2) is 7.97. The molecule has 2 aliphatic heterocycles. The number of aliphatic imine (C=N–C) groups is 1. The first-order valence-corrected chi connectivity index (χ1v) is 9.97. The van der Waals surface area contributed by atoms with E-state index in [9.17, 15) is 9.59 Å². The molecule has 0 atom stereocenters. The highest BCUT2D eigenvalue weighted by Crippen LogP contribution is 2.31. The minimum absolute atomic E-state index is 0.0441. The molecule has 0 aromatic heterocycles. The van der Waals surface area contributed by atoms with Crippen molar-refractivity contribution >= 4 is 28.8 Å². The van der Waals surface area contributed by atoms with E-state index in [1.54, 1.807) is 0 Å². The Hall–Kier alpha value is -2.95. The van der Waals surface area contributed by atoms with Gasteiger partial charge < -0.3 is 10.2 Å². The van der Waals surface area contributed by atoms with E-state index in [0.29, 0.717) is 5.56 Å². The van der Waals surface area contributed by atoms with Crippen LogP contribution in [0.2, 0.25) is 0 Å². The zero-order valence-electron chi connectivity index (χ0n) is 16.2. The second-order valence-corrected chi connectivity index (χ2v) is 7.45. The number of amides is 1. The lowest BCUT2D eigenvalue weighted by Crippen LogP contribution is -2.26. The highest BCUT2D eigenvalue weighted by molar-refractivity contribution is 6.22. The van der Waals surface area contributed by atoms with Crippen molar-refractivity contribution in [3.05, 3.63) is 59.2 Å². The van der Waals surface area contributed by atoms with Crippen molar-refractivity contribution in [2.75, 3.05) is 29.9 Å². The highest BCUT2D eigenvalue weighted by atomic mass is 16.1. The third-order valence-corrected chi connectivity index (χ3v) is 5.39. The Morgan fingerprint density at radius 1 is 1.00 bits per heavy atom. The molecule has 5 heteroatoms. The van der Waals surface area contributed by atoms with Crippen molar-refractivity contribution in [1.29, 1.82) is 0 Å². The summed E-state index contributed by atoms with van der Waals surface area (Å²) >= 11 is 0.